The molecule has 3 rings (SSSR count). The van der Waals surface area contributed by atoms with Gasteiger partial charge >= 0.3 is 5.97 Å². The van der Waals surface area contributed by atoms with E-state index in [0.29, 0.717) is 18.5 Å². The van der Waals surface area contributed by atoms with E-state index < -0.39 is 24.0 Å². The molecule has 116 valence electrons. The third-order valence-corrected chi connectivity index (χ3v) is 4.35. The topological polar surface area (TPSA) is 99.4 Å². The highest BCUT2D eigenvalue weighted by Gasteiger charge is 2.39. The van der Waals surface area contributed by atoms with Crippen LogP contribution in [0.4, 0.5) is 0 Å². The molecule has 1 aliphatic heterocycles. The predicted octanol–water partition coefficient (Wildman–Crippen LogP) is 1.55. The lowest BCUT2D eigenvalue weighted by molar-refractivity contribution is -0.144. The lowest BCUT2D eigenvalue weighted by Gasteiger charge is -2.28. The van der Waals surface area contributed by atoms with E-state index in [0.717, 1.165) is 22.9 Å². The molecule has 1 amide bonds. The maximum Gasteiger partial charge on any atom is 0.325 e. The van der Waals surface area contributed by atoms with E-state index in [2.05, 4.69) is 4.98 Å². The molecule has 0 bridgehead atoms. The van der Waals surface area contributed by atoms with Crippen LogP contribution in [0.3, 0.4) is 0 Å². The fraction of sp³-hybridized carbons (Fsp3) is 0.375. The Kier molecular flexibility index (Phi) is 3.62. The molecule has 0 saturated carbocycles. The van der Waals surface area contributed by atoms with Crippen LogP contribution < -0.4 is 5.73 Å². The molecule has 22 heavy (non-hydrogen) atoms. The van der Waals surface area contributed by atoms with Gasteiger partial charge in [0.15, 0.2) is 0 Å². The van der Waals surface area contributed by atoms with Crippen molar-refractivity contribution >= 4 is 22.8 Å². The van der Waals surface area contributed by atoms with Gasteiger partial charge in [0.25, 0.3) is 0 Å². The highest BCUT2D eigenvalue weighted by atomic mass is 16.4. The second kappa shape index (κ2) is 5.46. The highest BCUT2D eigenvalue weighted by molar-refractivity contribution is 5.90. The van der Waals surface area contributed by atoms with E-state index in [1.807, 2.05) is 25.1 Å². The minimum Gasteiger partial charge on any atom is -0.480 e. The second-order valence-electron chi connectivity index (χ2n) is 5.83. The Balaban J connectivity index is 2.09. The van der Waals surface area contributed by atoms with Crippen molar-refractivity contribution in [2.24, 2.45) is 5.73 Å². The van der Waals surface area contributed by atoms with Crippen molar-refractivity contribution in [2.45, 2.75) is 31.8 Å². The van der Waals surface area contributed by atoms with E-state index in [4.69, 9.17) is 5.73 Å². The third-order valence-electron chi connectivity index (χ3n) is 4.35. The SMILES string of the molecule is Cc1ccc2[nH]cc(C(C(=O)O)N3CCCC3C(N)=O)c2c1. The summed E-state index contributed by atoms with van der Waals surface area (Å²) in [7, 11) is 0. The molecular weight excluding hydrogens is 282 g/mol. The van der Waals surface area contributed by atoms with Gasteiger partial charge in [-0.1, -0.05) is 11.6 Å². The van der Waals surface area contributed by atoms with Gasteiger partial charge in [0.1, 0.15) is 6.04 Å². The summed E-state index contributed by atoms with van der Waals surface area (Å²) in [6, 6.07) is 4.49. The maximum absolute atomic E-state index is 11.9. The van der Waals surface area contributed by atoms with Crippen LogP contribution in [0.2, 0.25) is 0 Å². The van der Waals surface area contributed by atoms with Gasteiger partial charge in [-0.15, -0.1) is 0 Å². The molecule has 0 aliphatic carbocycles. The molecule has 1 aliphatic rings. The Bertz CT molecular complexity index is 737. The number of likely N-dealkylation sites (tertiary alicyclic amines) is 1. The summed E-state index contributed by atoms with van der Waals surface area (Å²) < 4.78 is 0. The van der Waals surface area contributed by atoms with Crippen LogP contribution >= 0.6 is 0 Å². The number of aryl methyl sites for hydroxylation is 1. The molecule has 2 atom stereocenters. The largest absolute Gasteiger partial charge is 0.480 e. The number of hydrogen-bond donors (Lipinski definition) is 3. The van der Waals surface area contributed by atoms with Gasteiger partial charge in [-0.25, -0.2) is 0 Å². The molecule has 6 heteroatoms. The summed E-state index contributed by atoms with van der Waals surface area (Å²) in [5.74, 6) is -1.42. The zero-order chi connectivity index (χ0) is 15.9. The molecule has 2 unspecified atom stereocenters. The van der Waals surface area contributed by atoms with E-state index in [-0.39, 0.29) is 0 Å². The number of benzene rings is 1. The number of nitrogens with two attached hydrogens (primary N) is 1. The van der Waals surface area contributed by atoms with Crippen LogP contribution in [-0.4, -0.2) is 39.5 Å². The van der Waals surface area contributed by atoms with Gasteiger partial charge in [-0.2, -0.15) is 0 Å². The first-order chi connectivity index (χ1) is 10.5. The number of rotatable bonds is 4. The number of nitrogens with zero attached hydrogens (tertiary/aromatic N) is 1. The minimum atomic E-state index is -0.962. The summed E-state index contributed by atoms with van der Waals surface area (Å²) in [5, 5.41) is 10.6. The average Bonchev–Trinajstić information content (AvgIpc) is 3.07. The van der Waals surface area contributed by atoms with E-state index >= 15 is 0 Å². The summed E-state index contributed by atoms with van der Waals surface area (Å²) in [5.41, 5.74) is 8.07. The summed E-state index contributed by atoms with van der Waals surface area (Å²) in [6.07, 6.45) is 3.11. The number of fused-ring (bicyclic) bond motifs is 1. The van der Waals surface area contributed by atoms with E-state index in [1.165, 1.54) is 0 Å². The molecule has 1 aromatic carbocycles. The Hall–Kier alpha value is -2.34. The van der Waals surface area contributed by atoms with Gasteiger partial charge in [0.2, 0.25) is 5.91 Å². The number of primary amides is 1. The zero-order valence-electron chi connectivity index (χ0n) is 12.4. The molecule has 2 aromatic rings. The Morgan fingerprint density at radius 2 is 2.23 bits per heavy atom. The number of carbonyl (C=O) groups is 2. The maximum atomic E-state index is 11.9. The van der Waals surface area contributed by atoms with Crippen molar-refractivity contribution in [1.82, 2.24) is 9.88 Å². The summed E-state index contributed by atoms with van der Waals surface area (Å²) in [4.78, 5) is 28.3. The van der Waals surface area contributed by atoms with E-state index in [9.17, 15) is 14.7 Å². The minimum absolute atomic E-state index is 0.459. The van der Waals surface area contributed by atoms with Crippen molar-refractivity contribution in [3.05, 3.63) is 35.5 Å². The van der Waals surface area contributed by atoms with Crippen molar-refractivity contribution in [3.8, 4) is 0 Å². The lowest BCUT2D eigenvalue weighted by Crippen LogP contribution is -2.44. The first-order valence-corrected chi connectivity index (χ1v) is 7.34. The zero-order valence-corrected chi connectivity index (χ0v) is 12.4. The van der Waals surface area contributed by atoms with Crippen molar-refractivity contribution in [2.75, 3.05) is 6.54 Å². The Morgan fingerprint density at radius 3 is 2.91 bits per heavy atom. The number of aromatic amines is 1. The average molecular weight is 301 g/mol. The molecule has 0 spiro atoms. The van der Waals surface area contributed by atoms with Crippen LogP contribution in [0.1, 0.15) is 30.0 Å². The van der Waals surface area contributed by atoms with E-state index in [1.54, 1.807) is 11.1 Å². The number of H-pyrrole nitrogens is 1. The van der Waals surface area contributed by atoms with Gasteiger partial charge in [-0.3, -0.25) is 14.5 Å². The molecule has 1 fully saturated rings. The van der Waals surface area contributed by atoms with Crippen LogP contribution in [0.25, 0.3) is 10.9 Å². The number of hydrogen-bond acceptors (Lipinski definition) is 3. The standard InChI is InChI=1S/C16H19N3O3/c1-9-4-5-12-10(7-9)11(8-18-12)14(16(21)22)19-6-2-3-13(19)15(17)20/h4-5,7-8,13-14,18H,2-3,6H2,1H3,(H2,17,20)(H,21,22). The van der Waals surface area contributed by atoms with Gasteiger partial charge in [0, 0.05) is 29.2 Å². The number of amides is 1. The fourth-order valence-corrected chi connectivity index (χ4v) is 3.34. The Labute approximate surface area is 127 Å². The van der Waals surface area contributed by atoms with Crippen LogP contribution in [0.15, 0.2) is 24.4 Å². The Morgan fingerprint density at radius 1 is 1.45 bits per heavy atom. The molecular formula is C16H19N3O3. The number of aromatic nitrogens is 1. The van der Waals surface area contributed by atoms with Gasteiger partial charge in [-0.05, 0) is 31.9 Å². The van der Waals surface area contributed by atoms with Crippen molar-refractivity contribution < 1.29 is 14.7 Å². The lowest BCUT2D eigenvalue weighted by atomic mass is 10.0. The van der Waals surface area contributed by atoms with Gasteiger partial charge in [0.05, 0.1) is 6.04 Å². The highest BCUT2D eigenvalue weighted by Crippen LogP contribution is 2.34. The van der Waals surface area contributed by atoms with Crippen LogP contribution in [0.5, 0.6) is 0 Å². The third kappa shape index (κ3) is 2.35. The second-order valence-corrected chi connectivity index (χ2v) is 5.83. The molecule has 4 N–H and O–H groups in total. The summed E-state index contributed by atoms with van der Waals surface area (Å²) >= 11 is 0. The summed E-state index contributed by atoms with van der Waals surface area (Å²) in [6.45, 7) is 2.52. The normalized spacial score (nSPS) is 20.3. The predicted molar refractivity (Wildman–Crippen MR) is 82.3 cm³/mol. The molecule has 6 nitrogen and oxygen atoms in total. The first-order valence-electron chi connectivity index (χ1n) is 7.34. The number of nitrogens with one attached hydrogen (secondary N) is 1. The van der Waals surface area contributed by atoms with Crippen LogP contribution in [-0.2, 0) is 9.59 Å². The molecule has 1 saturated heterocycles. The van der Waals surface area contributed by atoms with Crippen molar-refractivity contribution in [3.63, 3.8) is 0 Å². The first kappa shape index (κ1) is 14.6. The number of carbonyl (C=O) groups excluding carboxylic acids is 1. The number of carboxylic acid groups (broad SMARTS) is 1. The monoisotopic (exact) mass is 301 g/mol. The van der Waals surface area contributed by atoms with Crippen molar-refractivity contribution in [1.29, 1.82) is 0 Å². The molecule has 1 aromatic heterocycles. The van der Waals surface area contributed by atoms with Gasteiger partial charge < -0.3 is 15.8 Å². The van der Waals surface area contributed by atoms with Crippen LogP contribution in [0, 0.1) is 6.92 Å². The number of aliphatic carboxylic acids is 1. The fourth-order valence-electron chi connectivity index (χ4n) is 3.34. The molecule has 2 heterocycles. The molecule has 0 radical (unpaired) electrons. The number of carboxylic acids is 1. The quantitative estimate of drug-likeness (QED) is 0.797. The smallest absolute Gasteiger partial charge is 0.325 e.